The summed E-state index contributed by atoms with van der Waals surface area (Å²) in [6.45, 7) is 7.66. The molecule has 0 aromatic heterocycles. The number of esters is 1. The lowest BCUT2D eigenvalue weighted by Gasteiger charge is -2.26. The van der Waals surface area contributed by atoms with Crippen LogP contribution in [-0.4, -0.2) is 30.4 Å². The van der Waals surface area contributed by atoms with Gasteiger partial charge in [0.1, 0.15) is 5.78 Å². The Labute approximate surface area is 91.4 Å². The van der Waals surface area contributed by atoms with Gasteiger partial charge in [-0.25, -0.2) is 0 Å². The van der Waals surface area contributed by atoms with Crippen LogP contribution in [0.25, 0.3) is 0 Å². The molecule has 4 heteroatoms. The third-order valence-corrected chi connectivity index (χ3v) is 1.94. The average Bonchev–Trinajstić information content (AvgIpc) is 2.13. The number of ether oxygens (including phenoxy) is 1. The van der Waals surface area contributed by atoms with Gasteiger partial charge in [0.05, 0.1) is 19.6 Å². The predicted octanol–water partition coefficient (Wildman–Crippen LogP) is 1.29. The second-order valence-electron chi connectivity index (χ2n) is 4.55. The van der Waals surface area contributed by atoms with Gasteiger partial charge in [-0.2, -0.15) is 0 Å². The molecule has 0 heterocycles. The van der Waals surface area contributed by atoms with E-state index in [0.29, 0.717) is 6.42 Å². The van der Waals surface area contributed by atoms with Gasteiger partial charge >= 0.3 is 5.97 Å². The monoisotopic (exact) mass is 215 g/mol. The minimum absolute atomic E-state index is 0.0373. The van der Waals surface area contributed by atoms with E-state index in [1.165, 1.54) is 7.11 Å². The van der Waals surface area contributed by atoms with Crippen molar-refractivity contribution < 1.29 is 14.3 Å². The first-order valence-electron chi connectivity index (χ1n) is 5.17. The summed E-state index contributed by atoms with van der Waals surface area (Å²) in [7, 11) is 1.33. The molecule has 0 bridgehead atoms. The molecule has 0 rings (SSSR count). The summed E-state index contributed by atoms with van der Waals surface area (Å²) in [4.78, 5) is 22.7. The Balaban J connectivity index is 4.45. The van der Waals surface area contributed by atoms with Crippen LogP contribution in [0.3, 0.4) is 0 Å². The summed E-state index contributed by atoms with van der Waals surface area (Å²) in [5, 5.41) is 3.12. The van der Waals surface area contributed by atoms with E-state index in [-0.39, 0.29) is 23.7 Å². The summed E-state index contributed by atoms with van der Waals surface area (Å²) in [6, 6.07) is -0.442. The zero-order valence-corrected chi connectivity index (χ0v) is 10.2. The normalized spacial score (nSPS) is 13.4. The fourth-order valence-electron chi connectivity index (χ4n) is 1.26. The minimum atomic E-state index is -0.442. The smallest absolute Gasteiger partial charge is 0.307 e. The van der Waals surface area contributed by atoms with E-state index in [1.807, 2.05) is 20.8 Å². The van der Waals surface area contributed by atoms with Gasteiger partial charge < -0.3 is 10.1 Å². The Hall–Kier alpha value is -0.900. The Kier molecular flexibility index (Phi) is 5.50. The number of ketones is 1. The van der Waals surface area contributed by atoms with E-state index < -0.39 is 6.04 Å². The third kappa shape index (κ3) is 6.23. The molecule has 0 aliphatic heterocycles. The van der Waals surface area contributed by atoms with Gasteiger partial charge in [0.25, 0.3) is 0 Å². The van der Waals surface area contributed by atoms with Crippen molar-refractivity contribution >= 4 is 11.8 Å². The van der Waals surface area contributed by atoms with E-state index in [9.17, 15) is 9.59 Å². The number of carbonyl (C=O) groups excluding carboxylic acids is 2. The van der Waals surface area contributed by atoms with Crippen molar-refractivity contribution in [3.8, 4) is 0 Å². The highest BCUT2D eigenvalue weighted by atomic mass is 16.5. The number of methoxy groups -OCH3 is 1. The molecule has 4 nitrogen and oxygen atoms in total. The molecule has 0 aromatic rings. The van der Waals surface area contributed by atoms with E-state index in [4.69, 9.17) is 0 Å². The maximum atomic E-state index is 11.6. The highest BCUT2D eigenvalue weighted by molar-refractivity contribution is 5.88. The van der Waals surface area contributed by atoms with Crippen LogP contribution in [0.5, 0.6) is 0 Å². The number of rotatable bonds is 5. The number of nitrogens with one attached hydrogen (secondary N) is 1. The zero-order valence-electron chi connectivity index (χ0n) is 10.2. The van der Waals surface area contributed by atoms with Gasteiger partial charge in [0.15, 0.2) is 0 Å². The molecular weight excluding hydrogens is 194 g/mol. The molecule has 88 valence electrons. The van der Waals surface area contributed by atoms with Crippen molar-refractivity contribution in [1.82, 2.24) is 5.32 Å². The summed E-state index contributed by atoms with van der Waals surface area (Å²) in [5.74, 6) is -0.325. The Morgan fingerprint density at radius 1 is 1.33 bits per heavy atom. The van der Waals surface area contributed by atoms with Crippen LogP contribution in [0.15, 0.2) is 0 Å². The molecule has 0 aromatic carbocycles. The number of hydrogen-bond donors (Lipinski definition) is 1. The van der Waals surface area contributed by atoms with Crippen LogP contribution in [0.2, 0.25) is 0 Å². The first-order chi connectivity index (χ1) is 6.80. The molecule has 0 aliphatic rings. The van der Waals surface area contributed by atoms with Gasteiger partial charge in [-0.05, 0) is 20.8 Å². The highest BCUT2D eigenvalue weighted by Gasteiger charge is 2.25. The van der Waals surface area contributed by atoms with Crippen LogP contribution >= 0.6 is 0 Å². The van der Waals surface area contributed by atoms with Crippen molar-refractivity contribution in [1.29, 1.82) is 0 Å². The van der Waals surface area contributed by atoms with Gasteiger partial charge in [0, 0.05) is 12.0 Å². The highest BCUT2D eigenvalue weighted by Crippen LogP contribution is 2.07. The summed E-state index contributed by atoms with van der Waals surface area (Å²) in [5.41, 5.74) is -0.191. The Morgan fingerprint density at radius 2 is 1.87 bits per heavy atom. The van der Waals surface area contributed by atoms with Crippen molar-refractivity contribution in [3.63, 3.8) is 0 Å². The largest absolute Gasteiger partial charge is 0.469 e. The van der Waals surface area contributed by atoms with E-state index >= 15 is 0 Å². The maximum absolute atomic E-state index is 11.6. The van der Waals surface area contributed by atoms with Crippen LogP contribution in [0.4, 0.5) is 0 Å². The molecule has 0 radical (unpaired) electrons. The Bertz CT molecular complexity index is 230. The topological polar surface area (TPSA) is 55.4 Å². The SMILES string of the molecule is CCC(=O)C(CC(=O)OC)NC(C)(C)C. The van der Waals surface area contributed by atoms with E-state index in [0.717, 1.165) is 0 Å². The van der Waals surface area contributed by atoms with Crippen molar-refractivity contribution in [2.24, 2.45) is 0 Å². The number of Topliss-reactive ketones (excluding diaryl/α,β-unsaturated/α-hetero) is 1. The second kappa shape index (κ2) is 5.85. The lowest BCUT2D eigenvalue weighted by molar-refractivity contribution is -0.143. The number of carbonyl (C=O) groups is 2. The quantitative estimate of drug-likeness (QED) is 0.702. The molecule has 0 amide bonds. The minimum Gasteiger partial charge on any atom is -0.469 e. The summed E-state index contributed by atoms with van der Waals surface area (Å²) < 4.78 is 4.56. The fraction of sp³-hybridized carbons (Fsp3) is 0.818. The van der Waals surface area contributed by atoms with Crippen LogP contribution in [0.1, 0.15) is 40.5 Å². The van der Waals surface area contributed by atoms with Crippen molar-refractivity contribution in [2.45, 2.75) is 52.1 Å². The molecule has 15 heavy (non-hydrogen) atoms. The Morgan fingerprint density at radius 3 is 2.20 bits per heavy atom. The van der Waals surface area contributed by atoms with Gasteiger partial charge in [0.2, 0.25) is 0 Å². The lowest BCUT2D eigenvalue weighted by Crippen LogP contribution is -2.48. The van der Waals surface area contributed by atoms with Crippen LogP contribution in [-0.2, 0) is 14.3 Å². The molecule has 0 fully saturated rings. The molecule has 0 saturated heterocycles. The molecule has 1 atom stereocenters. The summed E-state index contributed by atoms with van der Waals surface area (Å²) in [6.07, 6.45) is 0.519. The molecule has 1 N–H and O–H groups in total. The van der Waals surface area contributed by atoms with E-state index in [2.05, 4.69) is 10.1 Å². The van der Waals surface area contributed by atoms with Crippen molar-refractivity contribution in [3.05, 3.63) is 0 Å². The predicted molar refractivity (Wildman–Crippen MR) is 58.6 cm³/mol. The first kappa shape index (κ1) is 14.1. The maximum Gasteiger partial charge on any atom is 0.307 e. The molecule has 1 unspecified atom stereocenters. The van der Waals surface area contributed by atoms with Gasteiger partial charge in [-0.3, -0.25) is 9.59 Å². The fourth-order valence-corrected chi connectivity index (χ4v) is 1.26. The number of hydrogen-bond acceptors (Lipinski definition) is 4. The molecule has 0 saturated carbocycles. The first-order valence-corrected chi connectivity index (χ1v) is 5.17. The van der Waals surface area contributed by atoms with Crippen LogP contribution < -0.4 is 5.32 Å². The van der Waals surface area contributed by atoms with E-state index in [1.54, 1.807) is 6.92 Å². The average molecular weight is 215 g/mol. The van der Waals surface area contributed by atoms with Gasteiger partial charge in [-0.1, -0.05) is 6.92 Å². The molecule has 0 aliphatic carbocycles. The van der Waals surface area contributed by atoms with Gasteiger partial charge in [-0.15, -0.1) is 0 Å². The standard InChI is InChI=1S/C11H21NO3/c1-6-9(13)8(7-10(14)15-5)12-11(2,3)4/h8,12H,6-7H2,1-5H3. The van der Waals surface area contributed by atoms with Crippen LogP contribution in [0, 0.1) is 0 Å². The molecular formula is C11H21NO3. The van der Waals surface area contributed by atoms with Crippen molar-refractivity contribution in [2.75, 3.05) is 7.11 Å². The lowest BCUT2D eigenvalue weighted by atomic mass is 10.0. The summed E-state index contributed by atoms with van der Waals surface area (Å²) >= 11 is 0. The molecule has 0 spiro atoms. The third-order valence-electron chi connectivity index (χ3n) is 1.94. The second-order valence-corrected chi connectivity index (χ2v) is 4.55. The zero-order chi connectivity index (χ0) is 12.1.